The molecule has 0 bridgehead atoms. The summed E-state index contributed by atoms with van der Waals surface area (Å²) in [5, 5.41) is 22.5. The fourth-order valence-electron chi connectivity index (χ4n) is 0.615. The van der Waals surface area contributed by atoms with Gasteiger partial charge in [0.15, 0.2) is 6.33 Å². The fourth-order valence-corrected chi connectivity index (χ4v) is 0.615. The lowest BCUT2D eigenvalue weighted by Gasteiger charge is -1.48. The minimum Gasteiger partial charge on any atom is -0.431 e. The summed E-state index contributed by atoms with van der Waals surface area (Å²) in [6, 6.07) is 1.72. The van der Waals surface area contributed by atoms with Crippen molar-refractivity contribution in [2.24, 2.45) is 0 Å². The first kappa shape index (κ1) is 14.7. The van der Waals surface area contributed by atoms with E-state index in [1.54, 1.807) is 24.7 Å². The highest BCUT2D eigenvalue weighted by Gasteiger charge is 1.61. The molecule has 0 aliphatic heterocycles. The Hall–Kier alpha value is -3.37. The molecule has 1 N–H and O–H groups in total. The van der Waals surface area contributed by atoms with Crippen LogP contribution >= 0.6 is 0 Å². The van der Waals surface area contributed by atoms with Crippen molar-refractivity contribution < 1.29 is 13.5 Å². The van der Waals surface area contributed by atoms with E-state index in [1.165, 1.54) is 31.8 Å². The molecule has 0 amide bonds. The first-order chi connectivity index (χ1) is 10.0. The lowest BCUT2D eigenvalue weighted by Crippen LogP contribution is -1.61. The zero-order valence-electron chi connectivity index (χ0n) is 10.1. The Bertz CT molecular complexity index is 360. The first-order valence-corrected chi connectivity index (χ1v) is 5.02. The Balaban J connectivity index is 0.000000133. The van der Waals surface area contributed by atoms with Gasteiger partial charge in [0.1, 0.15) is 6.26 Å². The van der Waals surface area contributed by atoms with Crippen LogP contribution in [0.3, 0.4) is 0 Å². The second-order valence-electron chi connectivity index (χ2n) is 2.50. The minimum atomic E-state index is 1.26. The van der Waals surface area contributed by atoms with Crippen molar-refractivity contribution in [1.82, 2.24) is 40.9 Å². The summed E-state index contributed by atoms with van der Waals surface area (Å²) in [6.45, 7) is 0. The van der Waals surface area contributed by atoms with Crippen molar-refractivity contribution in [1.29, 1.82) is 0 Å². The number of nitrogens with zero attached hydrogens (tertiary/aromatic N) is 7. The number of hydrogen-bond acceptors (Lipinski definition) is 10. The van der Waals surface area contributed by atoms with E-state index < -0.39 is 0 Å². The molecule has 0 aliphatic rings. The molecule has 0 saturated heterocycles. The van der Waals surface area contributed by atoms with Gasteiger partial charge in [-0.3, -0.25) is 0 Å². The molecule has 20 heavy (non-hydrogen) atoms. The van der Waals surface area contributed by atoms with Crippen molar-refractivity contribution in [3.8, 4) is 0 Å². The van der Waals surface area contributed by atoms with E-state index in [9.17, 15) is 0 Å². The standard InChI is InChI=1S/C3H3NO.C2H3N3.2C2H2N2O/c2*1-2-4-5-3-1;1-3-4-2-5-1;1-3-2-5-4-1/h1-3H;1-2H,(H,3,4,5);2*1-2H. The van der Waals surface area contributed by atoms with Crippen molar-refractivity contribution in [3.63, 3.8) is 0 Å². The lowest BCUT2D eigenvalue weighted by molar-refractivity contribution is 0.416. The van der Waals surface area contributed by atoms with E-state index >= 15 is 0 Å². The van der Waals surface area contributed by atoms with Gasteiger partial charge < -0.3 is 13.5 Å². The minimum absolute atomic E-state index is 1.26. The third kappa shape index (κ3) is 9.83. The van der Waals surface area contributed by atoms with Gasteiger partial charge in [-0.05, 0) is 6.07 Å². The summed E-state index contributed by atoms with van der Waals surface area (Å²) in [7, 11) is 0. The third-order valence-electron chi connectivity index (χ3n) is 1.24. The van der Waals surface area contributed by atoms with Crippen LogP contribution in [0.2, 0.25) is 0 Å². The molecule has 4 aromatic heterocycles. The van der Waals surface area contributed by atoms with Crippen LogP contribution in [0.4, 0.5) is 0 Å². The van der Waals surface area contributed by atoms with Gasteiger partial charge in [0, 0.05) is 0 Å². The molecular formula is C9H10N8O3. The Kier molecular flexibility index (Phi) is 8.89. The second-order valence-corrected chi connectivity index (χ2v) is 2.50. The van der Waals surface area contributed by atoms with E-state index in [-0.39, 0.29) is 0 Å². The number of nitrogens with one attached hydrogen (secondary N) is 1. The molecule has 4 rings (SSSR count). The summed E-state index contributed by atoms with van der Waals surface area (Å²) >= 11 is 0. The van der Waals surface area contributed by atoms with E-state index in [0.717, 1.165) is 0 Å². The van der Waals surface area contributed by atoms with Gasteiger partial charge in [-0.15, -0.1) is 10.2 Å². The smallest absolute Gasteiger partial charge is 0.213 e. The predicted molar refractivity (Wildman–Crippen MR) is 61.5 cm³/mol. The van der Waals surface area contributed by atoms with Crippen LogP contribution in [-0.4, -0.2) is 40.9 Å². The molecule has 4 aromatic rings. The van der Waals surface area contributed by atoms with Gasteiger partial charge in [-0.1, -0.05) is 10.3 Å². The molecular weight excluding hydrogens is 268 g/mol. The molecule has 0 unspecified atom stereocenters. The average Bonchev–Trinajstić information content (AvgIpc) is 3.40. The number of rotatable bonds is 0. The monoisotopic (exact) mass is 278 g/mol. The van der Waals surface area contributed by atoms with Crippen molar-refractivity contribution >= 4 is 0 Å². The quantitative estimate of drug-likeness (QED) is 0.485. The molecule has 0 fully saturated rings. The van der Waals surface area contributed by atoms with E-state index in [4.69, 9.17) is 0 Å². The Labute approximate surface area is 112 Å². The normalized spacial score (nSPS) is 8.00. The highest BCUT2D eigenvalue weighted by Crippen LogP contribution is 1.72. The molecule has 11 nitrogen and oxygen atoms in total. The number of aromatic nitrogens is 8. The molecule has 4 heterocycles. The first-order valence-electron chi connectivity index (χ1n) is 5.02. The predicted octanol–water partition coefficient (Wildman–Crippen LogP) is 0.619. The van der Waals surface area contributed by atoms with Gasteiger partial charge in [-0.25, -0.2) is 4.98 Å². The van der Waals surface area contributed by atoms with Crippen LogP contribution in [0.15, 0.2) is 69.9 Å². The molecule has 0 spiro atoms. The maximum Gasteiger partial charge on any atom is 0.213 e. The Morgan fingerprint density at radius 3 is 1.80 bits per heavy atom. The second kappa shape index (κ2) is 12.1. The summed E-state index contributed by atoms with van der Waals surface area (Å²) in [4.78, 5) is 3.44. The fraction of sp³-hybridized carbons (Fsp3) is 0. The van der Waals surface area contributed by atoms with Crippen molar-refractivity contribution in [2.45, 2.75) is 0 Å². The number of aromatic amines is 1. The molecule has 11 heteroatoms. The summed E-state index contributed by atoms with van der Waals surface area (Å²) in [6.07, 6.45) is 11.4. The SMILES string of the molecule is c1cn[nH]n1.c1cnoc1.c1ncon1.c1nnco1. The van der Waals surface area contributed by atoms with Gasteiger partial charge in [0.05, 0.1) is 18.6 Å². The van der Waals surface area contributed by atoms with Gasteiger partial charge in [-0.2, -0.15) is 15.4 Å². The topological polar surface area (TPSA) is 145 Å². The van der Waals surface area contributed by atoms with Crippen molar-refractivity contribution in [3.05, 3.63) is 56.4 Å². The van der Waals surface area contributed by atoms with Crippen LogP contribution in [0.25, 0.3) is 0 Å². The van der Waals surface area contributed by atoms with Crippen LogP contribution in [-0.2, 0) is 0 Å². The highest BCUT2D eigenvalue weighted by atomic mass is 16.5. The summed E-state index contributed by atoms with van der Waals surface area (Å²) < 4.78 is 12.9. The Morgan fingerprint density at radius 1 is 0.800 bits per heavy atom. The zero-order valence-corrected chi connectivity index (χ0v) is 10.1. The molecule has 0 radical (unpaired) electrons. The molecule has 0 aliphatic carbocycles. The summed E-state index contributed by atoms with van der Waals surface area (Å²) in [5.41, 5.74) is 0. The largest absolute Gasteiger partial charge is 0.431 e. The van der Waals surface area contributed by atoms with Crippen LogP contribution in [0, 0.1) is 0 Å². The molecule has 104 valence electrons. The lowest BCUT2D eigenvalue weighted by atomic mass is 10.8. The molecule has 0 saturated carbocycles. The maximum atomic E-state index is 4.36. The van der Waals surface area contributed by atoms with Crippen LogP contribution < -0.4 is 0 Å². The van der Waals surface area contributed by atoms with Gasteiger partial charge in [0.2, 0.25) is 19.2 Å². The van der Waals surface area contributed by atoms with Crippen LogP contribution in [0.5, 0.6) is 0 Å². The maximum absolute atomic E-state index is 4.36. The number of H-pyrrole nitrogens is 1. The third-order valence-corrected chi connectivity index (χ3v) is 1.24. The van der Waals surface area contributed by atoms with E-state index in [1.807, 2.05) is 0 Å². The number of hydrogen-bond donors (Lipinski definition) is 1. The van der Waals surface area contributed by atoms with Gasteiger partial charge >= 0.3 is 0 Å². The summed E-state index contributed by atoms with van der Waals surface area (Å²) in [5.74, 6) is 0. The Morgan fingerprint density at radius 2 is 1.60 bits per heavy atom. The van der Waals surface area contributed by atoms with Gasteiger partial charge in [0.25, 0.3) is 0 Å². The zero-order chi connectivity index (χ0) is 14.1. The molecule has 0 aromatic carbocycles. The van der Waals surface area contributed by atoms with E-state index in [2.05, 4.69) is 54.4 Å². The molecule has 0 atom stereocenters. The van der Waals surface area contributed by atoms with E-state index in [0.29, 0.717) is 0 Å². The average molecular weight is 278 g/mol. The van der Waals surface area contributed by atoms with Crippen LogP contribution in [0.1, 0.15) is 0 Å². The highest BCUT2D eigenvalue weighted by molar-refractivity contribution is 4.67. The van der Waals surface area contributed by atoms with Crippen molar-refractivity contribution in [2.75, 3.05) is 0 Å².